The Morgan fingerprint density at radius 1 is 0.684 bits per heavy atom. The molecule has 4 N–H and O–H groups in total. The normalized spacial score (nSPS) is 25.7. The first kappa shape index (κ1) is 30.9. The number of carbonyl (C=O) groups excluding carboxylic acids is 2. The van der Waals surface area contributed by atoms with Crippen LogP contribution in [0.2, 0.25) is 0 Å². The van der Waals surface area contributed by atoms with Gasteiger partial charge >= 0.3 is 11.9 Å². The Bertz CT molecular complexity index is 1040. The van der Waals surface area contributed by atoms with Crippen LogP contribution in [0.1, 0.15) is 92.9 Å². The number of carboxylic acids is 2. The molecule has 0 spiro atoms. The largest absolute Gasteiger partial charge is 0.511 e. The predicted octanol–water partition coefficient (Wildman–Crippen LogP) is 4.78. The summed E-state index contributed by atoms with van der Waals surface area (Å²) in [6, 6.07) is -2.12. The van der Waals surface area contributed by atoms with E-state index in [0.717, 1.165) is 0 Å². The van der Waals surface area contributed by atoms with Crippen molar-refractivity contribution >= 4 is 34.9 Å². The van der Waals surface area contributed by atoms with Crippen molar-refractivity contribution in [2.45, 2.75) is 105 Å². The summed E-state index contributed by atoms with van der Waals surface area (Å²) in [6.45, 7) is 10.4. The summed E-state index contributed by atoms with van der Waals surface area (Å²) >= 11 is 0. The van der Waals surface area contributed by atoms with E-state index in [2.05, 4.69) is 9.98 Å². The van der Waals surface area contributed by atoms with E-state index in [1.807, 2.05) is 27.7 Å². The lowest BCUT2D eigenvalue weighted by Gasteiger charge is -2.32. The Labute approximate surface area is 223 Å². The molecule has 0 aromatic carbocycles. The molecule has 0 radical (unpaired) electrons. The Kier molecular flexibility index (Phi) is 9.80. The van der Waals surface area contributed by atoms with Crippen LogP contribution < -0.4 is 0 Å². The van der Waals surface area contributed by atoms with E-state index in [-0.39, 0.29) is 71.3 Å². The molecule has 38 heavy (non-hydrogen) atoms. The predicted molar refractivity (Wildman–Crippen MR) is 143 cm³/mol. The van der Waals surface area contributed by atoms with Gasteiger partial charge in [0, 0.05) is 25.7 Å². The maximum atomic E-state index is 12.8. The summed E-state index contributed by atoms with van der Waals surface area (Å²) < 4.78 is 0. The minimum absolute atomic E-state index is 0.0711. The number of ketones is 2. The number of allylic oxidation sites excluding steroid dienone is 4. The molecule has 0 aromatic rings. The number of carboxylic acid groups (broad SMARTS) is 2. The fourth-order valence-electron chi connectivity index (χ4n) is 4.86. The molecule has 210 valence electrons. The van der Waals surface area contributed by atoms with Gasteiger partial charge in [-0.2, -0.15) is 0 Å². The van der Waals surface area contributed by atoms with Crippen molar-refractivity contribution < 1.29 is 39.6 Å². The number of hydrogen-bond donors (Lipinski definition) is 4. The third-order valence-corrected chi connectivity index (χ3v) is 6.77. The van der Waals surface area contributed by atoms with Crippen molar-refractivity contribution in [3.05, 3.63) is 22.7 Å². The highest BCUT2D eigenvalue weighted by Gasteiger charge is 2.38. The Morgan fingerprint density at radius 3 is 1.29 bits per heavy atom. The quantitative estimate of drug-likeness (QED) is 0.186. The highest BCUT2D eigenvalue weighted by molar-refractivity contribution is 6.25. The molecule has 2 saturated carbocycles. The third kappa shape index (κ3) is 8.10. The van der Waals surface area contributed by atoms with Crippen LogP contribution in [0.4, 0.5) is 0 Å². The van der Waals surface area contributed by atoms with Gasteiger partial charge in [0.15, 0.2) is 11.6 Å². The second kappa shape index (κ2) is 12.0. The molecule has 0 aliphatic heterocycles. The highest BCUT2D eigenvalue weighted by Crippen LogP contribution is 2.37. The molecule has 0 amide bonds. The number of aliphatic imine (C=N–C) groups is 2. The fourth-order valence-corrected chi connectivity index (χ4v) is 4.86. The molecule has 0 heterocycles. The van der Waals surface area contributed by atoms with Gasteiger partial charge in [-0.15, -0.1) is 0 Å². The number of aliphatic hydroxyl groups is 2. The van der Waals surface area contributed by atoms with Crippen LogP contribution >= 0.6 is 0 Å². The fraction of sp³-hybridized carbons (Fsp3) is 0.643. The molecule has 0 aromatic heterocycles. The molecule has 0 bridgehead atoms. The SMILES string of the molecule is CC(N=C1CC(C)(C)CC(=O)/C1=C(/O)CCCC/C(O)=C1\C(=O)CC(C)(C)CC1=NC(C)C(=O)O)C(=O)O. The average Bonchev–Trinajstić information content (AvgIpc) is 2.74. The second-order valence-corrected chi connectivity index (χ2v) is 11.9. The van der Waals surface area contributed by atoms with Gasteiger partial charge in [0.2, 0.25) is 0 Å². The van der Waals surface area contributed by atoms with Crippen molar-refractivity contribution in [2.75, 3.05) is 0 Å². The number of aliphatic carboxylic acids is 2. The smallest absolute Gasteiger partial charge is 0.328 e. The molecule has 2 fully saturated rings. The topological polar surface area (TPSA) is 174 Å². The van der Waals surface area contributed by atoms with Gasteiger partial charge in [-0.1, -0.05) is 27.7 Å². The van der Waals surface area contributed by atoms with Crippen LogP contribution in [0, 0.1) is 10.8 Å². The number of Topliss-reactive ketones (excluding diaryl/α,β-unsaturated/α-hetero) is 2. The molecular formula is C28H40N2O8. The third-order valence-electron chi connectivity index (χ3n) is 6.77. The lowest BCUT2D eigenvalue weighted by molar-refractivity contribution is -0.138. The summed E-state index contributed by atoms with van der Waals surface area (Å²) in [5.74, 6) is -3.16. The summed E-state index contributed by atoms with van der Waals surface area (Å²) in [6.07, 6.45) is 2.11. The molecule has 10 nitrogen and oxygen atoms in total. The molecule has 2 unspecified atom stereocenters. The molecule has 0 saturated heterocycles. The number of carbonyl (C=O) groups is 4. The van der Waals surface area contributed by atoms with E-state index in [4.69, 9.17) is 0 Å². The number of hydrogen-bond acceptors (Lipinski definition) is 8. The van der Waals surface area contributed by atoms with E-state index in [1.54, 1.807) is 0 Å². The summed E-state index contributed by atoms with van der Waals surface area (Å²) in [7, 11) is 0. The first-order valence-electron chi connectivity index (χ1n) is 12.9. The van der Waals surface area contributed by atoms with Crippen LogP contribution in [0.25, 0.3) is 0 Å². The maximum Gasteiger partial charge on any atom is 0.328 e. The minimum Gasteiger partial charge on any atom is -0.511 e. The number of rotatable bonds is 9. The van der Waals surface area contributed by atoms with Crippen molar-refractivity contribution in [3.8, 4) is 0 Å². The van der Waals surface area contributed by atoms with Gasteiger partial charge in [0.1, 0.15) is 23.6 Å². The zero-order chi connectivity index (χ0) is 29.0. The summed E-state index contributed by atoms with van der Waals surface area (Å²) in [4.78, 5) is 56.7. The zero-order valence-corrected chi connectivity index (χ0v) is 23.1. The van der Waals surface area contributed by atoms with Gasteiger partial charge in [-0.3, -0.25) is 19.6 Å². The maximum absolute atomic E-state index is 12.8. The van der Waals surface area contributed by atoms with Gasteiger partial charge in [0.25, 0.3) is 0 Å². The number of aliphatic hydroxyl groups excluding tert-OH is 2. The van der Waals surface area contributed by atoms with Crippen LogP contribution in [-0.4, -0.2) is 67.4 Å². The summed E-state index contributed by atoms with van der Waals surface area (Å²) in [5, 5.41) is 40.0. The van der Waals surface area contributed by atoms with E-state index < -0.39 is 34.9 Å². The monoisotopic (exact) mass is 532 g/mol. The second-order valence-electron chi connectivity index (χ2n) is 11.9. The van der Waals surface area contributed by atoms with E-state index >= 15 is 0 Å². The van der Waals surface area contributed by atoms with Gasteiger partial charge in [-0.25, -0.2) is 9.59 Å². The highest BCUT2D eigenvalue weighted by atomic mass is 16.4. The van der Waals surface area contributed by atoms with Crippen LogP contribution in [0.15, 0.2) is 32.6 Å². The van der Waals surface area contributed by atoms with Gasteiger partial charge in [0.05, 0.1) is 22.6 Å². The minimum atomic E-state index is -1.13. The first-order valence-corrected chi connectivity index (χ1v) is 12.9. The Hall–Kier alpha value is -3.30. The van der Waals surface area contributed by atoms with Crippen molar-refractivity contribution in [1.29, 1.82) is 0 Å². The number of unbranched alkanes of at least 4 members (excludes halogenated alkanes) is 1. The van der Waals surface area contributed by atoms with Crippen LogP contribution in [-0.2, 0) is 19.2 Å². The Morgan fingerprint density at radius 2 is 1.00 bits per heavy atom. The van der Waals surface area contributed by atoms with Gasteiger partial charge < -0.3 is 20.4 Å². The molecule has 2 aliphatic rings. The van der Waals surface area contributed by atoms with Crippen LogP contribution in [0.5, 0.6) is 0 Å². The molecular weight excluding hydrogens is 492 g/mol. The van der Waals surface area contributed by atoms with Crippen LogP contribution in [0.3, 0.4) is 0 Å². The Balaban J connectivity index is 2.22. The van der Waals surface area contributed by atoms with E-state index in [9.17, 15) is 39.6 Å². The average molecular weight is 533 g/mol. The molecule has 2 aliphatic carbocycles. The lowest BCUT2D eigenvalue weighted by atomic mass is 9.73. The van der Waals surface area contributed by atoms with E-state index in [0.29, 0.717) is 25.7 Å². The molecule has 2 atom stereocenters. The van der Waals surface area contributed by atoms with E-state index in [1.165, 1.54) is 13.8 Å². The van der Waals surface area contributed by atoms with Gasteiger partial charge in [-0.05, 0) is 50.4 Å². The van der Waals surface area contributed by atoms with Crippen molar-refractivity contribution in [1.82, 2.24) is 0 Å². The standard InChI is InChI=1S/C28H40N2O8/c1-15(25(35)36)29-17-11-27(3,4)13-21(33)23(17)19(31)9-7-8-10-20(32)24-18(30-16(2)26(37)38)12-28(5,6)14-22(24)34/h15-16,31-32H,7-14H2,1-6H3,(H,35,36)(H,37,38)/b23-19+,24-20+,29-17?,30-18?. The van der Waals surface area contributed by atoms with Crippen molar-refractivity contribution in [3.63, 3.8) is 0 Å². The summed E-state index contributed by atoms with van der Waals surface area (Å²) in [5.41, 5.74) is -0.105. The lowest BCUT2D eigenvalue weighted by Crippen LogP contribution is -2.34. The molecule has 10 heteroatoms. The zero-order valence-electron chi connectivity index (χ0n) is 23.1. The number of nitrogens with zero attached hydrogens (tertiary/aromatic N) is 2. The molecule has 2 rings (SSSR count). The first-order chi connectivity index (χ1) is 17.4. The van der Waals surface area contributed by atoms with Crippen molar-refractivity contribution in [2.24, 2.45) is 20.8 Å².